The number of ether oxygens (including phenoxy) is 3. The Morgan fingerprint density at radius 3 is 2.40 bits per heavy atom. The third-order valence-corrected chi connectivity index (χ3v) is 5.73. The maximum absolute atomic E-state index is 13.0. The van der Waals surface area contributed by atoms with Crippen LogP contribution in [0.15, 0.2) is 96.5 Å². The predicted octanol–water partition coefficient (Wildman–Crippen LogP) is 6.42. The van der Waals surface area contributed by atoms with E-state index >= 15 is 0 Å². The number of rotatable bonds is 14. The van der Waals surface area contributed by atoms with Crippen LogP contribution in [0, 0.1) is 0 Å². The number of nitrogens with zero attached hydrogens (tertiary/aromatic N) is 1. The fraction of sp³-hybridized carbons (Fsp3) is 0.226. The zero-order valence-corrected chi connectivity index (χ0v) is 23.4. The highest BCUT2D eigenvalue weighted by atomic mass is 19.4. The zero-order valence-electron chi connectivity index (χ0n) is 23.4. The lowest BCUT2D eigenvalue weighted by atomic mass is 10.0. The molecule has 0 spiro atoms. The van der Waals surface area contributed by atoms with Gasteiger partial charge in [-0.2, -0.15) is 13.2 Å². The fourth-order valence-electron chi connectivity index (χ4n) is 3.73. The van der Waals surface area contributed by atoms with Crippen molar-refractivity contribution in [3.63, 3.8) is 0 Å². The summed E-state index contributed by atoms with van der Waals surface area (Å²) < 4.78 is 54.5. The minimum Gasteiger partial charge on any atom is -0.503 e. The number of benzene rings is 3. The SMILES string of the molecule is C=C(NOCc1ccccc1C(=COC)C(=O)OC)C(=NOCC)c1ccc(OCc2cccc(C(F)(F)F)c2)cc1. The molecule has 1 N–H and O–H groups in total. The topological polar surface area (TPSA) is 87.6 Å². The van der Waals surface area contributed by atoms with Gasteiger partial charge in [0.15, 0.2) is 0 Å². The first-order valence-electron chi connectivity index (χ1n) is 12.7. The van der Waals surface area contributed by atoms with E-state index in [1.54, 1.807) is 61.5 Å². The molecule has 0 atom stereocenters. The van der Waals surface area contributed by atoms with Crippen molar-refractivity contribution in [2.45, 2.75) is 26.3 Å². The predicted molar refractivity (Wildman–Crippen MR) is 151 cm³/mol. The average Bonchev–Trinajstić information content (AvgIpc) is 2.99. The second-order valence-electron chi connectivity index (χ2n) is 8.65. The molecule has 0 aromatic heterocycles. The van der Waals surface area contributed by atoms with Crippen LogP contribution in [0.4, 0.5) is 13.2 Å². The van der Waals surface area contributed by atoms with Crippen LogP contribution >= 0.6 is 0 Å². The number of nitrogens with one attached hydrogen (secondary N) is 1. The summed E-state index contributed by atoms with van der Waals surface area (Å²) in [5.74, 6) is -0.112. The second kappa shape index (κ2) is 15.3. The summed E-state index contributed by atoms with van der Waals surface area (Å²) in [5.41, 5.74) is 5.16. The maximum atomic E-state index is 13.0. The number of hydrogen-bond acceptors (Lipinski definition) is 8. The molecule has 0 amide bonds. The van der Waals surface area contributed by atoms with Gasteiger partial charge in [-0.3, -0.25) is 10.3 Å². The number of hydrogen-bond donors (Lipinski definition) is 1. The normalized spacial score (nSPS) is 12.0. The fourth-order valence-corrected chi connectivity index (χ4v) is 3.73. The number of oxime groups is 1. The van der Waals surface area contributed by atoms with Crippen LogP contribution in [0.5, 0.6) is 5.75 Å². The van der Waals surface area contributed by atoms with E-state index in [9.17, 15) is 18.0 Å². The standard InChI is InChI=1S/C31H31F3N2O6/c1-5-41-36-29(21(2)35-42-19-24-10-6-7-12-27(24)28(20-38-3)30(37)39-4)23-13-15-26(16-14-23)40-18-22-9-8-11-25(17-22)31(32,33)34/h6-17,20,35H,2,5,18-19H2,1,3-4H3. The van der Waals surface area contributed by atoms with E-state index in [0.29, 0.717) is 46.0 Å². The summed E-state index contributed by atoms with van der Waals surface area (Å²) in [6, 6.07) is 18.8. The molecule has 0 bridgehead atoms. The zero-order chi connectivity index (χ0) is 30.5. The maximum Gasteiger partial charge on any atom is 0.416 e. The average molecular weight is 585 g/mol. The van der Waals surface area contributed by atoms with E-state index in [-0.39, 0.29) is 18.8 Å². The van der Waals surface area contributed by atoms with Crippen LogP contribution in [-0.4, -0.2) is 32.5 Å². The van der Waals surface area contributed by atoms with Gasteiger partial charge in [0.2, 0.25) is 0 Å². The van der Waals surface area contributed by atoms with E-state index < -0.39 is 17.7 Å². The first-order chi connectivity index (χ1) is 20.2. The smallest absolute Gasteiger partial charge is 0.416 e. The van der Waals surface area contributed by atoms with Crippen molar-refractivity contribution < 1.29 is 41.9 Å². The Morgan fingerprint density at radius 2 is 1.74 bits per heavy atom. The molecule has 222 valence electrons. The van der Waals surface area contributed by atoms with Gasteiger partial charge in [0.25, 0.3) is 0 Å². The van der Waals surface area contributed by atoms with E-state index in [1.165, 1.54) is 26.5 Å². The van der Waals surface area contributed by atoms with Crippen LogP contribution in [0.25, 0.3) is 5.57 Å². The largest absolute Gasteiger partial charge is 0.503 e. The molecule has 0 aliphatic heterocycles. The highest BCUT2D eigenvalue weighted by Gasteiger charge is 2.30. The van der Waals surface area contributed by atoms with Gasteiger partial charge in [0, 0.05) is 5.56 Å². The summed E-state index contributed by atoms with van der Waals surface area (Å²) in [4.78, 5) is 23.2. The van der Waals surface area contributed by atoms with Crippen molar-refractivity contribution >= 4 is 17.3 Å². The van der Waals surface area contributed by atoms with Crippen LogP contribution in [0.2, 0.25) is 0 Å². The van der Waals surface area contributed by atoms with Gasteiger partial charge < -0.3 is 19.0 Å². The minimum atomic E-state index is -4.43. The number of halogens is 3. The van der Waals surface area contributed by atoms with Crippen molar-refractivity contribution in [3.8, 4) is 5.75 Å². The number of carbonyl (C=O) groups excluding carboxylic acids is 1. The third kappa shape index (κ3) is 8.87. The van der Waals surface area contributed by atoms with Crippen LogP contribution < -0.4 is 10.2 Å². The molecule has 42 heavy (non-hydrogen) atoms. The molecule has 0 aliphatic rings. The number of alkyl halides is 3. The first-order valence-corrected chi connectivity index (χ1v) is 12.7. The summed E-state index contributed by atoms with van der Waals surface area (Å²) in [7, 11) is 2.71. The molecule has 8 nitrogen and oxygen atoms in total. The van der Waals surface area contributed by atoms with Crippen molar-refractivity contribution in [1.82, 2.24) is 5.48 Å². The minimum absolute atomic E-state index is 0.0377. The first kappa shape index (κ1) is 31.8. The van der Waals surface area contributed by atoms with Crippen LogP contribution in [0.3, 0.4) is 0 Å². The number of esters is 1. The Balaban J connectivity index is 1.67. The molecule has 0 radical (unpaired) electrons. The molecule has 0 fully saturated rings. The molecule has 0 heterocycles. The van der Waals surface area contributed by atoms with Crippen molar-refractivity contribution in [2.75, 3.05) is 20.8 Å². The van der Waals surface area contributed by atoms with E-state index in [4.69, 9.17) is 23.9 Å². The van der Waals surface area contributed by atoms with Gasteiger partial charge in [-0.25, -0.2) is 4.79 Å². The van der Waals surface area contributed by atoms with Gasteiger partial charge in [-0.1, -0.05) is 48.1 Å². The molecule has 3 rings (SSSR count). The van der Waals surface area contributed by atoms with Gasteiger partial charge in [-0.05, 0) is 60.0 Å². The molecule has 0 unspecified atom stereocenters. The van der Waals surface area contributed by atoms with Gasteiger partial charge in [0.05, 0.1) is 31.7 Å². The van der Waals surface area contributed by atoms with Crippen LogP contribution in [0.1, 0.15) is 34.7 Å². The molecule has 3 aromatic carbocycles. The van der Waals surface area contributed by atoms with Gasteiger partial charge in [-0.15, -0.1) is 0 Å². The van der Waals surface area contributed by atoms with E-state index in [0.717, 1.165) is 12.1 Å². The van der Waals surface area contributed by atoms with Crippen molar-refractivity contribution in [3.05, 3.63) is 119 Å². The Bertz CT molecular complexity index is 1420. The lowest BCUT2D eigenvalue weighted by Crippen LogP contribution is -2.21. The van der Waals surface area contributed by atoms with Crippen molar-refractivity contribution in [1.29, 1.82) is 0 Å². The van der Waals surface area contributed by atoms with Gasteiger partial charge in [0.1, 0.15) is 36.9 Å². The van der Waals surface area contributed by atoms with Gasteiger partial charge >= 0.3 is 12.1 Å². The number of allylic oxidation sites excluding steroid dienone is 1. The highest BCUT2D eigenvalue weighted by molar-refractivity contribution is 6.16. The van der Waals surface area contributed by atoms with E-state index in [1.807, 2.05) is 0 Å². The molecule has 0 aliphatic carbocycles. The second-order valence-corrected chi connectivity index (χ2v) is 8.65. The summed E-state index contributed by atoms with van der Waals surface area (Å²) in [5, 5.41) is 4.14. The summed E-state index contributed by atoms with van der Waals surface area (Å²) >= 11 is 0. The summed E-state index contributed by atoms with van der Waals surface area (Å²) in [6.45, 7) is 6.10. The quantitative estimate of drug-likeness (QED) is 0.0769. The Hall–Kier alpha value is -4.77. The molecule has 11 heteroatoms. The number of carbonyl (C=O) groups is 1. The Kier molecular flexibility index (Phi) is 11.6. The lowest BCUT2D eigenvalue weighted by molar-refractivity contribution is -0.137. The van der Waals surface area contributed by atoms with Crippen LogP contribution in [-0.2, 0) is 43.3 Å². The Morgan fingerprint density at radius 1 is 1.00 bits per heavy atom. The van der Waals surface area contributed by atoms with Crippen molar-refractivity contribution in [2.24, 2.45) is 5.16 Å². The number of methoxy groups -OCH3 is 2. The van der Waals surface area contributed by atoms with E-state index in [2.05, 4.69) is 17.2 Å². The molecular formula is C31H31F3N2O6. The highest BCUT2D eigenvalue weighted by Crippen LogP contribution is 2.30. The molecular weight excluding hydrogens is 553 g/mol. The molecule has 3 aromatic rings. The Labute approximate surface area is 241 Å². The summed E-state index contributed by atoms with van der Waals surface area (Å²) in [6.07, 6.45) is -3.12. The molecule has 0 saturated heterocycles. The molecule has 0 saturated carbocycles. The third-order valence-electron chi connectivity index (χ3n) is 5.73. The lowest BCUT2D eigenvalue weighted by Gasteiger charge is -2.15. The monoisotopic (exact) mass is 584 g/mol. The number of hydroxylamine groups is 1.